The van der Waals surface area contributed by atoms with E-state index in [2.05, 4.69) is 16.9 Å². The minimum atomic E-state index is 0.192. The molecule has 0 fully saturated rings. The SMILES string of the molecule is CCCOCCOc1ccnc(Cl)n1. The van der Waals surface area contributed by atoms with Crippen LogP contribution in [0.25, 0.3) is 0 Å². The van der Waals surface area contributed by atoms with Gasteiger partial charge < -0.3 is 9.47 Å². The molecule has 0 saturated heterocycles. The lowest BCUT2D eigenvalue weighted by Gasteiger charge is -2.04. The summed E-state index contributed by atoms with van der Waals surface area (Å²) in [6.45, 7) is 3.86. The first-order valence-electron chi connectivity index (χ1n) is 4.52. The van der Waals surface area contributed by atoms with Crippen molar-refractivity contribution in [1.82, 2.24) is 9.97 Å². The van der Waals surface area contributed by atoms with Crippen LogP contribution in [0.4, 0.5) is 0 Å². The van der Waals surface area contributed by atoms with Crippen LogP contribution in [0.1, 0.15) is 13.3 Å². The molecular formula is C9H13ClN2O2. The van der Waals surface area contributed by atoms with Crippen LogP contribution in [0.5, 0.6) is 5.88 Å². The van der Waals surface area contributed by atoms with E-state index in [4.69, 9.17) is 21.1 Å². The Morgan fingerprint density at radius 1 is 1.36 bits per heavy atom. The van der Waals surface area contributed by atoms with Crippen molar-refractivity contribution in [1.29, 1.82) is 0 Å². The third-order valence-corrected chi connectivity index (χ3v) is 1.61. The fraction of sp³-hybridized carbons (Fsp3) is 0.556. The number of rotatable bonds is 6. The summed E-state index contributed by atoms with van der Waals surface area (Å²) < 4.78 is 10.5. The molecule has 0 N–H and O–H groups in total. The van der Waals surface area contributed by atoms with Crippen molar-refractivity contribution in [3.8, 4) is 5.88 Å². The molecule has 5 heteroatoms. The van der Waals surface area contributed by atoms with Crippen LogP contribution in [0, 0.1) is 0 Å². The third-order valence-electron chi connectivity index (χ3n) is 1.43. The quantitative estimate of drug-likeness (QED) is 0.539. The maximum atomic E-state index is 5.57. The molecule has 0 atom stereocenters. The smallest absolute Gasteiger partial charge is 0.225 e. The highest BCUT2D eigenvalue weighted by molar-refractivity contribution is 6.28. The number of hydrogen-bond donors (Lipinski definition) is 0. The molecule has 0 spiro atoms. The van der Waals surface area contributed by atoms with Gasteiger partial charge in [-0.2, -0.15) is 4.98 Å². The summed E-state index contributed by atoms with van der Waals surface area (Å²) in [6, 6.07) is 1.66. The molecule has 1 aromatic heterocycles. The van der Waals surface area contributed by atoms with Gasteiger partial charge in [0, 0.05) is 18.9 Å². The molecule has 0 radical (unpaired) electrons. The number of halogens is 1. The van der Waals surface area contributed by atoms with Crippen molar-refractivity contribution >= 4 is 11.6 Å². The van der Waals surface area contributed by atoms with Crippen molar-refractivity contribution in [2.24, 2.45) is 0 Å². The van der Waals surface area contributed by atoms with E-state index in [0.29, 0.717) is 19.1 Å². The summed E-state index contributed by atoms with van der Waals surface area (Å²) in [5.41, 5.74) is 0. The van der Waals surface area contributed by atoms with E-state index in [1.807, 2.05) is 0 Å². The van der Waals surface area contributed by atoms with E-state index in [9.17, 15) is 0 Å². The van der Waals surface area contributed by atoms with Gasteiger partial charge in [0.25, 0.3) is 0 Å². The van der Waals surface area contributed by atoms with Crippen molar-refractivity contribution in [3.05, 3.63) is 17.5 Å². The molecule has 0 aromatic carbocycles. The van der Waals surface area contributed by atoms with E-state index < -0.39 is 0 Å². The van der Waals surface area contributed by atoms with Gasteiger partial charge in [0.1, 0.15) is 6.61 Å². The second-order valence-electron chi connectivity index (χ2n) is 2.62. The molecule has 0 saturated carbocycles. The molecule has 1 rings (SSSR count). The number of hydrogen-bond acceptors (Lipinski definition) is 4. The molecule has 0 aliphatic heterocycles. The topological polar surface area (TPSA) is 44.2 Å². The molecule has 0 amide bonds. The first-order chi connectivity index (χ1) is 6.83. The van der Waals surface area contributed by atoms with Crippen LogP contribution in [0.15, 0.2) is 12.3 Å². The first-order valence-corrected chi connectivity index (χ1v) is 4.90. The Balaban J connectivity index is 2.18. The van der Waals surface area contributed by atoms with E-state index in [1.54, 1.807) is 12.3 Å². The van der Waals surface area contributed by atoms with Crippen LogP contribution in [-0.4, -0.2) is 29.8 Å². The number of aromatic nitrogens is 2. The molecule has 1 heterocycles. The van der Waals surface area contributed by atoms with Gasteiger partial charge in [-0.1, -0.05) is 6.92 Å². The molecule has 0 aliphatic carbocycles. The molecule has 0 aliphatic rings. The fourth-order valence-corrected chi connectivity index (χ4v) is 0.991. The van der Waals surface area contributed by atoms with Crippen molar-refractivity contribution in [3.63, 3.8) is 0 Å². The maximum Gasteiger partial charge on any atom is 0.225 e. The minimum absolute atomic E-state index is 0.192. The van der Waals surface area contributed by atoms with Gasteiger partial charge in [-0.25, -0.2) is 4.98 Å². The first kappa shape index (κ1) is 11.2. The maximum absolute atomic E-state index is 5.57. The lowest BCUT2D eigenvalue weighted by atomic mass is 10.5. The fourth-order valence-electron chi connectivity index (χ4n) is 0.852. The normalized spacial score (nSPS) is 10.1. The van der Waals surface area contributed by atoms with E-state index >= 15 is 0 Å². The van der Waals surface area contributed by atoms with Gasteiger partial charge in [0.2, 0.25) is 11.2 Å². The van der Waals surface area contributed by atoms with Crippen LogP contribution in [-0.2, 0) is 4.74 Å². The summed E-state index contributed by atoms with van der Waals surface area (Å²) in [5, 5.41) is 0.192. The van der Waals surface area contributed by atoms with E-state index in [0.717, 1.165) is 13.0 Å². The van der Waals surface area contributed by atoms with Crippen molar-refractivity contribution in [2.45, 2.75) is 13.3 Å². The molecule has 1 aromatic rings. The van der Waals surface area contributed by atoms with Gasteiger partial charge in [-0.3, -0.25) is 0 Å². The summed E-state index contributed by atoms with van der Waals surface area (Å²) >= 11 is 5.57. The van der Waals surface area contributed by atoms with E-state index in [-0.39, 0.29) is 5.28 Å². The predicted molar refractivity (Wildman–Crippen MR) is 53.6 cm³/mol. The molecular weight excluding hydrogens is 204 g/mol. The number of ether oxygens (including phenoxy) is 2. The lowest BCUT2D eigenvalue weighted by Crippen LogP contribution is -2.08. The molecule has 14 heavy (non-hydrogen) atoms. The molecule has 4 nitrogen and oxygen atoms in total. The zero-order valence-corrected chi connectivity index (χ0v) is 8.83. The standard InChI is InChI=1S/C9H13ClN2O2/c1-2-5-13-6-7-14-8-3-4-11-9(10)12-8/h3-4H,2,5-7H2,1H3. The van der Waals surface area contributed by atoms with Gasteiger partial charge in [-0.15, -0.1) is 0 Å². The Hall–Kier alpha value is -0.870. The van der Waals surface area contributed by atoms with Crippen LogP contribution < -0.4 is 4.74 Å². The summed E-state index contributed by atoms with van der Waals surface area (Å²) in [4.78, 5) is 7.61. The highest BCUT2D eigenvalue weighted by atomic mass is 35.5. The van der Waals surface area contributed by atoms with Gasteiger partial charge in [0.15, 0.2) is 0 Å². The zero-order chi connectivity index (χ0) is 10.2. The Labute approximate surface area is 88.2 Å². The average molecular weight is 217 g/mol. The monoisotopic (exact) mass is 216 g/mol. The Bertz CT molecular complexity index is 271. The highest BCUT2D eigenvalue weighted by Gasteiger charge is 1.96. The molecule has 78 valence electrons. The van der Waals surface area contributed by atoms with Crippen LogP contribution >= 0.6 is 11.6 Å². The Morgan fingerprint density at radius 3 is 2.93 bits per heavy atom. The average Bonchev–Trinajstić information content (AvgIpc) is 2.18. The predicted octanol–water partition coefficient (Wildman–Crippen LogP) is 1.94. The van der Waals surface area contributed by atoms with Crippen LogP contribution in [0.3, 0.4) is 0 Å². The molecule has 0 bridgehead atoms. The second kappa shape index (κ2) is 6.56. The highest BCUT2D eigenvalue weighted by Crippen LogP contribution is 2.07. The van der Waals surface area contributed by atoms with Crippen molar-refractivity contribution < 1.29 is 9.47 Å². The zero-order valence-electron chi connectivity index (χ0n) is 8.07. The van der Waals surface area contributed by atoms with Gasteiger partial charge in [-0.05, 0) is 18.0 Å². The minimum Gasteiger partial charge on any atom is -0.475 e. The summed E-state index contributed by atoms with van der Waals surface area (Å²) in [6.07, 6.45) is 2.57. The molecule has 0 unspecified atom stereocenters. The second-order valence-corrected chi connectivity index (χ2v) is 2.96. The lowest BCUT2D eigenvalue weighted by molar-refractivity contribution is 0.0990. The van der Waals surface area contributed by atoms with E-state index in [1.165, 1.54) is 0 Å². The van der Waals surface area contributed by atoms with Crippen LogP contribution in [0.2, 0.25) is 5.28 Å². The Kier molecular flexibility index (Phi) is 5.25. The summed E-state index contributed by atoms with van der Waals surface area (Å²) in [5.74, 6) is 0.477. The largest absolute Gasteiger partial charge is 0.475 e. The van der Waals surface area contributed by atoms with Gasteiger partial charge >= 0.3 is 0 Å². The van der Waals surface area contributed by atoms with Gasteiger partial charge in [0.05, 0.1) is 6.61 Å². The summed E-state index contributed by atoms with van der Waals surface area (Å²) in [7, 11) is 0. The number of nitrogens with zero attached hydrogens (tertiary/aromatic N) is 2. The Morgan fingerprint density at radius 2 is 2.21 bits per heavy atom. The van der Waals surface area contributed by atoms with Crippen molar-refractivity contribution in [2.75, 3.05) is 19.8 Å². The third kappa shape index (κ3) is 4.39.